The molecule has 0 aliphatic heterocycles. The second-order valence-corrected chi connectivity index (χ2v) is 4.59. The van der Waals surface area contributed by atoms with Crippen molar-refractivity contribution in [2.75, 3.05) is 13.7 Å². The van der Waals surface area contributed by atoms with Gasteiger partial charge in [-0.15, -0.1) is 0 Å². The van der Waals surface area contributed by atoms with Gasteiger partial charge in [0.15, 0.2) is 11.6 Å². The van der Waals surface area contributed by atoms with Crippen LogP contribution >= 0.6 is 0 Å². The SMILES string of the molecule is CCCC(OCC)C(Cc1cccc(F)c1F)NC. The van der Waals surface area contributed by atoms with E-state index in [1.54, 1.807) is 6.07 Å². The number of halogens is 2. The van der Waals surface area contributed by atoms with Crippen molar-refractivity contribution in [3.63, 3.8) is 0 Å². The molecule has 0 heterocycles. The molecule has 0 saturated heterocycles. The van der Waals surface area contributed by atoms with E-state index in [0.717, 1.165) is 18.9 Å². The third-order valence-electron chi connectivity index (χ3n) is 3.24. The Balaban J connectivity index is 2.82. The van der Waals surface area contributed by atoms with Gasteiger partial charge in [0.1, 0.15) is 0 Å². The summed E-state index contributed by atoms with van der Waals surface area (Å²) in [4.78, 5) is 0. The molecule has 0 saturated carbocycles. The van der Waals surface area contributed by atoms with Gasteiger partial charge < -0.3 is 10.1 Å². The summed E-state index contributed by atoms with van der Waals surface area (Å²) in [7, 11) is 1.82. The normalized spacial score (nSPS) is 14.4. The van der Waals surface area contributed by atoms with Crippen molar-refractivity contribution in [3.05, 3.63) is 35.4 Å². The average molecular weight is 271 g/mol. The van der Waals surface area contributed by atoms with Crippen LogP contribution in [0.3, 0.4) is 0 Å². The van der Waals surface area contributed by atoms with Crippen molar-refractivity contribution in [2.45, 2.75) is 45.3 Å². The third-order valence-corrected chi connectivity index (χ3v) is 3.24. The molecule has 0 aliphatic rings. The number of benzene rings is 1. The Labute approximate surface area is 114 Å². The monoisotopic (exact) mass is 271 g/mol. The molecule has 0 aliphatic carbocycles. The molecule has 0 fully saturated rings. The number of hydrogen-bond acceptors (Lipinski definition) is 2. The van der Waals surface area contributed by atoms with E-state index in [9.17, 15) is 8.78 Å². The first kappa shape index (κ1) is 16.1. The van der Waals surface area contributed by atoms with E-state index in [0.29, 0.717) is 18.6 Å². The van der Waals surface area contributed by atoms with Gasteiger partial charge in [0, 0.05) is 12.6 Å². The van der Waals surface area contributed by atoms with E-state index in [1.165, 1.54) is 6.07 Å². The Hall–Kier alpha value is -1.00. The highest BCUT2D eigenvalue weighted by Gasteiger charge is 2.22. The Morgan fingerprint density at radius 1 is 1.26 bits per heavy atom. The Bertz CT molecular complexity index is 378. The van der Waals surface area contributed by atoms with Gasteiger partial charge in [0.25, 0.3) is 0 Å². The minimum absolute atomic E-state index is 0.0164. The molecule has 4 heteroatoms. The van der Waals surface area contributed by atoms with Crippen LogP contribution in [0.4, 0.5) is 8.78 Å². The molecule has 1 aromatic rings. The topological polar surface area (TPSA) is 21.3 Å². The molecule has 0 radical (unpaired) electrons. The second-order valence-electron chi connectivity index (χ2n) is 4.59. The summed E-state index contributed by atoms with van der Waals surface area (Å²) in [5.74, 6) is -1.55. The highest BCUT2D eigenvalue weighted by Crippen LogP contribution is 2.17. The average Bonchev–Trinajstić information content (AvgIpc) is 2.40. The summed E-state index contributed by atoms with van der Waals surface area (Å²) in [6.07, 6.45) is 2.33. The van der Waals surface area contributed by atoms with E-state index < -0.39 is 11.6 Å². The fourth-order valence-electron chi connectivity index (χ4n) is 2.26. The van der Waals surface area contributed by atoms with Crippen molar-refractivity contribution in [1.82, 2.24) is 5.32 Å². The summed E-state index contributed by atoms with van der Waals surface area (Å²) in [5.41, 5.74) is 0.389. The summed E-state index contributed by atoms with van der Waals surface area (Å²) in [6.45, 7) is 4.65. The Kier molecular flexibility index (Phi) is 6.95. The zero-order valence-electron chi connectivity index (χ0n) is 11.9. The predicted octanol–water partition coefficient (Wildman–Crippen LogP) is 3.30. The molecule has 19 heavy (non-hydrogen) atoms. The molecule has 2 atom stereocenters. The quantitative estimate of drug-likeness (QED) is 0.783. The van der Waals surface area contributed by atoms with Gasteiger partial charge >= 0.3 is 0 Å². The number of ether oxygens (including phenoxy) is 1. The zero-order valence-corrected chi connectivity index (χ0v) is 11.9. The molecular formula is C15H23F2NO. The fourth-order valence-corrected chi connectivity index (χ4v) is 2.26. The van der Waals surface area contributed by atoms with E-state index in [-0.39, 0.29) is 12.1 Å². The van der Waals surface area contributed by atoms with Gasteiger partial charge in [-0.3, -0.25) is 0 Å². The number of rotatable bonds is 8. The zero-order chi connectivity index (χ0) is 14.3. The van der Waals surface area contributed by atoms with Crippen LogP contribution in [0.25, 0.3) is 0 Å². The molecule has 0 bridgehead atoms. The van der Waals surface area contributed by atoms with E-state index in [2.05, 4.69) is 12.2 Å². The first-order chi connectivity index (χ1) is 9.13. The second kappa shape index (κ2) is 8.23. The van der Waals surface area contributed by atoms with Gasteiger partial charge in [-0.1, -0.05) is 25.5 Å². The van der Waals surface area contributed by atoms with Crippen LogP contribution in [0.15, 0.2) is 18.2 Å². The Morgan fingerprint density at radius 3 is 2.58 bits per heavy atom. The van der Waals surface area contributed by atoms with Gasteiger partial charge in [-0.05, 0) is 38.4 Å². The van der Waals surface area contributed by atoms with Gasteiger partial charge in [-0.2, -0.15) is 0 Å². The van der Waals surface area contributed by atoms with Crippen LogP contribution in [0.1, 0.15) is 32.3 Å². The maximum Gasteiger partial charge on any atom is 0.162 e. The van der Waals surface area contributed by atoms with Crippen LogP contribution in [0, 0.1) is 11.6 Å². The van der Waals surface area contributed by atoms with E-state index >= 15 is 0 Å². The smallest absolute Gasteiger partial charge is 0.162 e. The standard InChI is InChI=1S/C15H23F2NO/c1-4-7-14(19-5-2)13(18-3)10-11-8-6-9-12(16)15(11)17/h6,8-9,13-14,18H,4-5,7,10H2,1-3H3. The van der Waals surface area contributed by atoms with Gasteiger partial charge in [0.2, 0.25) is 0 Å². The lowest BCUT2D eigenvalue weighted by Gasteiger charge is -2.26. The van der Waals surface area contributed by atoms with Crippen molar-refractivity contribution < 1.29 is 13.5 Å². The van der Waals surface area contributed by atoms with Crippen LogP contribution in [0.5, 0.6) is 0 Å². The van der Waals surface area contributed by atoms with Crippen molar-refractivity contribution >= 4 is 0 Å². The largest absolute Gasteiger partial charge is 0.377 e. The third kappa shape index (κ3) is 4.55. The van der Waals surface area contributed by atoms with Gasteiger partial charge in [-0.25, -0.2) is 8.78 Å². The number of nitrogens with one attached hydrogen (secondary N) is 1. The van der Waals surface area contributed by atoms with Crippen LogP contribution in [-0.2, 0) is 11.2 Å². The summed E-state index contributed by atoms with van der Waals surface area (Å²) < 4.78 is 32.6. The predicted molar refractivity (Wildman–Crippen MR) is 73.2 cm³/mol. The molecule has 108 valence electrons. The minimum atomic E-state index is -0.796. The molecule has 2 nitrogen and oxygen atoms in total. The maximum absolute atomic E-state index is 13.7. The lowest BCUT2D eigenvalue weighted by Crippen LogP contribution is -2.41. The lowest BCUT2D eigenvalue weighted by atomic mass is 9.98. The van der Waals surface area contributed by atoms with Crippen molar-refractivity contribution in [3.8, 4) is 0 Å². The number of hydrogen-bond donors (Lipinski definition) is 1. The Morgan fingerprint density at radius 2 is 2.00 bits per heavy atom. The van der Waals surface area contributed by atoms with E-state index in [1.807, 2.05) is 14.0 Å². The highest BCUT2D eigenvalue weighted by molar-refractivity contribution is 5.20. The molecule has 0 spiro atoms. The maximum atomic E-state index is 13.7. The van der Waals surface area contributed by atoms with Crippen molar-refractivity contribution in [2.24, 2.45) is 0 Å². The summed E-state index contributed by atoms with van der Waals surface area (Å²) in [6, 6.07) is 4.28. The molecular weight excluding hydrogens is 248 g/mol. The molecule has 1 rings (SSSR count). The fraction of sp³-hybridized carbons (Fsp3) is 0.600. The van der Waals surface area contributed by atoms with Gasteiger partial charge in [0.05, 0.1) is 6.10 Å². The highest BCUT2D eigenvalue weighted by atomic mass is 19.2. The van der Waals surface area contributed by atoms with Crippen LogP contribution in [0.2, 0.25) is 0 Å². The van der Waals surface area contributed by atoms with Crippen LogP contribution < -0.4 is 5.32 Å². The number of likely N-dealkylation sites (N-methyl/N-ethyl adjacent to an activating group) is 1. The van der Waals surface area contributed by atoms with E-state index in [4.69, 9.17) is 4.74 Å². The van der Waals surface area contributed by atoms with Crippen LogP contribution in [-0.4, -0.2) is 25.8 Å². The molecule has 0 aromatic heterocycles. The molecule has 1 aromatic carbocycles. The lowest BCUT2D eigenvalue weighted by molar-refractivity contribution is 0.0299. The summed E-state index contributed by atoms with van der Waals surface area (Å²) >= 11 is 0. The molecule has 2 unspecified atom stereocenters. The first-order valence-corrected chi connectivity index (χ1v) is 6.85. The molecule has 1 N–H and O–H groups in total. The first-order valence-electron chi connectivity index (χ1n) is 6.85. The minimum Gasteiger partial charge on any atom is -0.377 e. The van der Waals surface area contributed by atoms with Crippen molar-refractivity contribution in [1.29, 1.82) is 0 Å². The molecule has 0 amide bonds. The summed E-state index contributed by atoms with van der Waals surface area (Å²) in [5, 5.41) is 3.15.